The van der Waals surface area contributed by atoms with Gasteiger partial charge in [0.2, 0.25) is 0 Å². The van der Waals surface area contributed by atoms with Crippen molar-refractivity contribution in [1.82, 2.24) is 9.38 Å². The Hall–Kier alpha value is -4.13. The van der Waals surface area contributed by atoms with Crippen LogP contribution >= 0.6 is 0 Å². The summed E-state index contributed by atoms with van der Waals surface area (Å²) in [5.74, 6) is -0.877. The molecule has 0 fully saturated rings. The van der Waals surface area contributed by atoms with Crippen LogP contribution in [0.1, 0.15) is 11.3 Å². The van der Waals surface area contributed by atoms with Gasteiger partial charge in [-0.25, -0.2) is 9.78 Å². The summed E-state index contributed by atoms with van der Waals surface area (Å²) in [6.45, 7) is 2.03. The molecular weight excluding hydrogens is 392 g/mol. The molecule has 1 aliphatic carbocycles. The summed E-state index contributed by atoms with van der Waals surface area (Å²) >= 11 is 0. The van der Waals surface area contributed by atoms with Gasteiger partial charge in [0.05, 0.1) is 5.69 Å². The van der Waals surface area contributed by atoms with E-state index >= 15 is 0 Å². The van der Waals surface area contributed by atoms with Crippen molar-refractivity contribution < 1.29 is 14.2 Å². The molecule has 1 atom stereocenters. The minimum atomic E-state index is -0.578. The molecule has 0 spiro atoms. The number of allylic oxidation sites excluding steroid dienone is 3. The van der Waals surface area contributed by atoms with E-state index in [4.69, 9.17) is 0 Å². The zero-order valence-electron chi connectivity index (χ0n) is 16.8. The van der Waals surface area contributed by atoms with Crippen LogP contribution in [0.25, 0.3) is 5.65 Å². The number of amides is 3. The summed E-state index contributed by atoms with van der Waals surface area (Å²) in [6.07, 6.45) is 8.79. The number of urea groups is 1. The van der Waals surface area contributed by atoms with Crippen molar-refractivity contribution in [3.8, 4) is 0 Å². The van der Waals surface area contributed by atoms with Crippen LogP contribution < -0.4 is 10.5 Å². The lowest BCUT2D eigenvalue weighted by atomic mass is 9.94. The summed E-state index contributed by atoms with van der Waals surface area (Å²) in [7, 11) is 0. The maximum absolute atomic E-state index is 13.5. The number of benzene rings is 1. The van der Waals surface area contributed by atoms with E-state index in [9.17, 15) is 14.4 Å². The van der Waals surface area contributed by atoms with Crippen LogP contribution in [-0.2, 0) is 11.3 Å². The second-order valence-corrected chi connectivity index (χ2v) is 7.54. The van der Waals surface area contributed by atoms with Gasteiger partial charge in [-0.3, -0.25) is 9.20 Å². The van der Waals surface area contributed by atoms with Crippen LogP contribution in [0, 0.1) is 12.8 Å². The maximum atomic E-state index is 13.5. The van der Waals surface area contributed by atoms with Crippen molar-refractivity contribution >= 4 is 29.0 Å². The van der Waals surface area contributed by atoms with Gasteiger partial charge in [0, 0.05) is 12.3 Å². The fourth-order valence-corrected chi connectivity index (χ4v) is 3.90. The molecule has 1 aromatic carbocycles. The van der Waals surface area contributed by atoms with Crippen LogP contribution in [0.5, 0.6) is 0 Å². The Kier molecular flexibility index (Phi) is 4.43. The highest BCUT2D eigenvalue weighted by Crippen LogP contribution is 2.26. The van der Waals surface area contributed by atoms with E-state index in [-0.39, 0.29) is 18.0 Å². The third kappa shape index (κ3) is 3.20. The van der Waals surface area contributed by atoms with E-state index in [0.29, 0.717) is 22.7 Å². The highest BCUT2D eigenvalue weighted by atomic mass is 16.2. The Morgan fingerprint density at radius 2 is 1.84 bits per heavy atom. The fourth-order valence-electron chi connectivity index (χ4n) is 3.90. The van der Waals surface area contributed by atoms with Crippen LogP contribution in [-0.4, -0.2) is 31.6 Å². The number of rotatable bonds is 3. The van der Waals surface area contributed by atoms with Gasteiger partial charge >= 0.3 is 11.9 Å². The van der Waals surface area contributed by atoms with Crippen LogP contribution in [0.2, 0.25) is 0 Å². The number of imide groups is 1. The number of anilines is 1. The molecule has 3 amide bonds. The number of nitrogens with zero attached hydrogens (tertiary/aromatic N) is 4. The molecular formula is C24H19N4O3+. The molecule has 0 radical (unpaired) electrons. The number of aromatic nitrogens is 2. The third-order valence-corrected chi connectivity index (χ3v) is 5.46. The molecule has 7 heteroatoms. The Morgan fingerprint density at radius 1 is 1.03 bits per heavy atom. The lowest BCUT2D eigenvalue weighted by Gasteiger charge is -2.26. The van der Waals surface area contributed by atoms with Crippen LogP contribution in [0.15, 0.2) is 83.8 Å². The van der Waals surface area contributed by atoms with Gasteiger partial charge in [-0.1, -0.05) is 42.0 Å². The summed E-state index contributed by atoms with van der Waals surface area (Å²) < 4.78 is 2.97. The first kappa shape index (κ1) is 18.9. The first-order valence-electron chi connectivity index (χ1n) is 9.94. The average Bonchev–Trinajstić information content (AvgIpc) is 2.78. The quantitative estimate of drug-likeness (QED) is 0.621. The van der Waals surface area contributed by atoms with E-state index in [2.05, 4.69) is 4.98 Å². The molecule has 5 rings (SSSR count). The van der Waals surface area contributed by atoms with Crippen molar-refractivity contribution in [2.75, 3.05) is 4.90 Å². The molecule has 1 aliphatic heterocycles. The zero-order valence-corrected chi connectivity index (χ0v) is 16.8. The maximum Gasteiger partial charge on any atom is 0.506 e. The van der Waals surface area contributed by atoms with Gasteiger partial charge in [0.25, 0.3) is 5.56 Å². The Morgan fingerprint density at radius 3 is 2.65 bits per heavy atom. The fraction of sp³-hybridized carbons (Fsp3) is 0.125. The van der Waals surface area contributed by atoms with E-state index in [0.717, 1.165) is 5.56 Å². The van der Waals surface area contributed by atoms with Crippen LogP contribution in [0.3, 0.4) is 0 Å². The predicted molar refractivity (Wildman–Crippen MR) is 116 cm³/mol. The predicted octanol–water partition coefficient (Wildman–Crippen LogP) is 2.87. The van der Waals surface area contributed by atoms with Crippen molar-refractivity contribution in [2.45, 2.75) is 13.5 Å². The standard InChI is InChI=1S/C24H19N4O3/c1-16-9-11-18(12-10-16)28-23(30)19-6-2-3-7-20(19)27(24(28)31)15-17-14-22(29)26-13-5-4-8-21(26)25-17/h2-14,19H,15H2,1H3/q+1. The smallest absolute Gasteiger partial charge is 0.269 e. The van der Waals surface area contributed by atoms with Crippen LogP contribution in [0.4, 0.5) is 10.5 Å². The summed E-state index contributed by atoms with van der Waals surface area (Å²) in [5, 5.41) is 0. The molecule has 2 aliphatic rings. The first-order valence-corrected chi connectivity index (χ1v) is 9.94. The molecule has 0 saturated carbocycles. The SMILES string of the molecule is Cc1ccc(N2C(=O)C3C=CC=CC3=[N+](Cc3cc(=O)n4ccccc4n3)C2=O)cc1. The van der Waals surface area contributed by atoms with Crippen molar-refractivity contribution in [3.63, 3.8) is 0 Å². The number of pyridine rings is 1. The Bertz CT molecular complexity index is 1380. The molecule has 0 bridgehead atoms. The van der Waals surface area contributed by atoms with Crippen molar-refractivity contribution in [1.29, 1.82) is 0 Å². The van der Waals surface area contributed by atoms with Gasteiger partial charge in [-0.05, 0) is 37.3 Å². The number of aryl methyl sites for hydroxylation is 1. The molecule has 2 aromatic heterocycles. The second-order valence-electron chi connectivity index (χ2n) is 7.54. The molecule has 3 heterocycles. The van der Waals surface area contributed by atoms with Gasteiger partial charge in [0.1, 0.15) is 29.5 Å². The number of fused-ring (bicyclic) bond motifs is 2. The summed E-state index contributed by atoms with van der Waals surface area (Å²) in [6, 6.07) is 13.5. The monoisotopic (exact) mass is 411 g/mol. The normalized spacial score (nSPS) is 18.1. The second kappa shape index (κ2) is 7.28. The zero-order chi connectivity index (χ0) is 21.5. The molecule has 7 nitrogen and oxygen atoms in total. The third-order valence-electron chi connectivity index (χ3n) is 5.46. The summed E-state index contributed by atoms with van der Waals surface area (Å²) in [5.41, 5.74) is 2.86. The first-order chi connectivity index (χ1) is 15.0. The molecule has 152 valence electrons. The highest BCUT2D eigenvalue weighted by Gasteiger charge is 2.48. The summed E-state index contributed by atoms with van der Waals surface area (Å²) in [4.78, 5) is 44.9. The molecule has 31 heavy (non-hydrogen) atoms. The lowest BCUT2D eigenvalue weighted by molar-refractivity contribution is -0.446. The minimum absolute atomic E-state index is 0.0825. The highest BCUT2D eigenvalue weighted by molar-refractivity contribution is 6.25. The largest absolute Gasteiger partial charge is 0.506 e. The van der Waals surface area contributed by atoms with Gasteiger partial charge < -0.3 is 0 Å². The van der Waals surface area contributed by atoms with Crippen molar-refractivity contribution in [2.24, 2.45) is 5.92 Å². The Balaban J connectivity index is 1.62. The lowest BCUT2D eigenvalue weighted by Crippen LogP contribution is -2.54. The number of hydrogen-bond donors (Lipinski definition) is 0. The molecule has 3 aromatic rings. The van der Waals surface area contributed by atoms with E-state index < -0.39 is 11.9 Å². The molecule has 0 saturated heterocycles. The Labute approximate surface area is 177 Å². The van der Waals surface area contributed by atoms with Gasteiger partial charge in [-0.15, -0.1) is 4.90 Å². The number of carbonyl (C=O) groups is 2. The molecule has 1 unspecified atom stereocenters. The van der Waals surface area contributed by atoms with E-state index in [1.54, 1.807) is 60.8 Å². The topological polar surface area (TPSA) is 74.8 Å². The number of carbonyl (C=O) groups excluding carboxylic acids is 2. The van der Waals surface area contributed by atoms with E-state index in [1.165, 1.54) is 19.9 Å². The van der Waals surface area contributed by atoms with Crippen molar-refractivity contribution in [3.05, 3.63) is 101 Å². The minimum Gasteiger partial charge on any atom is -0.269 e. The van der Waals surface area contributed by atoms with E-state index in [1.807, 2.05) is 19.1 Å². The molecule has 0 N–H and O–H groups in total. The van der Waals surface area contributed by atoms with Gasteiger partial charge in [0.15, 0.2) is 0 Å². The van der Waals surface area contributed by atoms with Gasteiger partial charge in [-0.2, -0.15) is 9.37 Å². The number of hydrogen-bond acceptors (Lipinski definition) is 4. The average molecular weight is 411 g/mol.